The predicted molar refractivity (Wildman–Crippen MR) is 67.1 cm³/mol. The number of nitrogens with one attached hydrogen (secondary N) is 1. The molecule has 0 unspecified atom stereocenters. The first-order valence-corrected chi connectivity index (χ1v) is 5.34. The van der Waals surface area contributed by atoms with Gasteiger partial charge in [-0.15, -0.1) is 5.48 Å². The fourth-order valence-corrected chi connectivity index (χ4v) is 1.67. The molecule has 0 amide bonds. The fourth-order valence-electron chi connectivity index (χ4n) is 1.67. The van der Waals surface area contributed by atoms with E-state index in [9.17, 15) is 4.79 Å². The average Bonchev–Trinajstić information content (AvgIpc) is 2.39. The Morgan fingerprint density at radius 3 is 2.82 bits per heavy atom. The first-order valence-electron chi connectivity index (χ1n) is 5.34. The molecule has 3 heteroatoms. The molecule has 3 nitrogen and oxygen atoms in total. The standard InChI is InChI=1S/C14H13NO2/c1-2-14(16)17-15-10-12-8-5-7-11-6-3-4-9-13(11)12/h2-9,15H,1,10H2. The smallest absolute Gasteiger partial charge is 0.348 e. The van der Waals surface area contributed by atoms with Crippen molar-refractivity contribution >= 4 is 16.7 Å². The summed E-state index contributed by atoms with van der Waals surface area (Å²) >= 11 is 0. The number of fused-ring (bicyclic) bond motifs is 1. The summed E-state index contributed by atoms with van der Waals surface area (Å²) in [4.78, 5) is 15.6. The number of hydrogen-bond donors (Lipinski definition) is 1. The lowest BCUT2D eigenvalue weighted by molar-refractivity contribution is -0.145. The van der Waals surface area contributed by atoms with Crippen LogP contribution in [0.1, 0.15) is 5.56 Å². The van der Waals surface area contributed by atoms with Gasteiger partial charge in [0.25, 0.3) is 0 Å². The number of hydrogen-bond acceptors (Lipinski definition) is 3. The van der Waals surface area contributed by atoms with Crippen molar-refractivity contribution in [2.45, 2.75) is 6.54 Å². The first kappa shape index (κ1) is 11.4. The van der Waals surface area contributed by atoms with Crippen molar-refractivity contribution in [1.29, 1.82) is 0 Å². The highest BCUT2D eigenvalue weighted by Gasteiger charge is 2.01. The molecule has 0 saturated heterocycles. The molecule has 2 rings (SSSR count). The highest BCUT2D eigenvalue weighted by molar-refractivity contribution is 5.85. The van der Waals surface area contributed by atoms with Gasteiger partial charge in [-0.1, -0.05) is 49.0 Å². The van der Waals surface area contributed by atoms with E-state index in [-0.39, 0.29) is 0 Å². The van der Waals surface area contributed by atoms with Crippen LogP contribution in [0.25, 0.3) is 10.8 Å². The molecule has 0 aliphatic rings. The summed E-state index contributed by atoms with van der Waals surface area (Å²) in [6, 6.07) is 14.1. The quantitative estimate of drug-likeness (QED) is 0.644. The molecule has 86 valence electrons. The van der Waals surface area contributed by atoms with Crippen molar-refractivity contribution in [2.75, 3.05) is 0 Å². The Labute approximate surface area is 99.7 Å². The van der Waals surface area contributed by atoms with Crippen LogP contribution in [-0.2, 0) is 16.2 Å². The van der Waals surface area contributed by atoms with Crippen LogP contribution in [-0.4, -0.2) is 5.97 Å². The van der Waals surface area contributed by atoms with Crippen LogP contribution >= 0.6 is 0 Å². The third-order valence-electron chi connectivity index (χ3n) is 2.48. The summed E-state index contributed by atoms with van der Waals surface area (Å²) in [6.45, 7) is 3.79. The van der Waals surface area contributed by atoms with Crippen molar-refractivity contribution in [1.82, 2.24) is 5.48 Å². The van der Waals surface area contributed by atoms with Crippen LogP contribution in [0.15, 0.2) is 55.1 Å². The monoisotopic (exact) mass is 227 g/mol. The molecular weight excluding hydrogens is 214 g/mol. The van der Waals surface area contributed by atoms with Gasteiger partial charge in [-0.3, -0.25) is 0 Å². The molecule has 2 aromatic rings. The Bertz CT molecular complexity index is 543. The second kappa shape index (κ2) is 5.27. The van der Waals surface area contributed by atoms with Crippen LogP contribution in [0.2, 0.25) is 0 Å². The molecule has 0 heterocycles. The number of carbonyl (C=O) groups excluding carboxylic acids is 1. The van der Waals surface area contributed by atoms with Gasteiger partial charge >= 0.3 is 5.97 Å². The Morgan fingerprint density at radius 1 is 1.24 bits per heavy atom. The van der Waals surface area contributed by atoms with E-state index in [0.29, 0.717) is 6.54 Å². The van der Waals surface area contributed by atoms with E-state index in [1.165, 1.54) is 5.39 Å². The lowest BCUT2D eigenvalue weighted by Crippen LogP contribution is -2.17. The second-order valence-electron chi connectivity index (χ2n) is 3.58. The van der Waals surface area contributed by atoms with Gasteiger partial charge in [0, 0.05) is 6.08 Å². The second-order valence-corrected chi connectivity index (χ2v) is 3.58. The Morgan fingerprint density at radius 2 is 2.00 bits per heavy atom. The van der Waals surface area contributed by atoms with Crippen molar-refractivity contribution < 1.29 is 9.63 Å². The van der Waals surface area contributed by atoms with Gasteiger partial charge in [-0.25, -0.2) is 4.79 Å². The Kier molecular flexibility index (Phi) is 3.52. The summed E-state index contributed by atoms with van der Waals surface area (Å²) in [6.07, 6.45) is 1.12. The van der Waals surface area contributed by atoms with Crippen molar-refractivity contribution in [3.05, 3.63) is 60.7 Å². The Balaban J connectivity index is 2.13. The summed E-state index contributed by atoms with van der Waals surface area (Å²) in [5.41, 5.74) is 3.71. The van der Waals surface area contributed by atoms with E-state index < -0.39 is 5.97 Å². The van der Waals surface area contributed by atoms with Crippen molar-refractivity contribution in [3.63, 3.8) is 0 Å². The highest BCUT2D eigenvalue weighted by atomic mass is 16.7. The molecule has 1 N–H and O–H groups in total. The van der Waals surface area contributed by atoms with E-state index >= 15 is 0 Å². The number of rotatable bonds is 4. The van der Waals surface area contributed by atoms with Gasteiger partial charge in [0.2, 0.25) is 0 Å². The van der Waals surface area contributed by atoms with E-state index in [0.717, 1.165) is 17.0 Å². The summed E-state index contributed by atoms with van der Waals surface area (Å²) in [5, 5.41) is 2.32. The molecule has 0 bridgehead atoms. The zero-order chi connectivity index (χ0) is 12.1. The van der Waals surface area contributed by atoms with Gasteiger partial charge in [-0.05, 0) is 16.3 Å². The topological polar surface area (TPSA) is 38.3 Å². The third-order valence-corrected chi connectivity index (χ3v) is 2.48. The molecule has 2 aromatic carbocycles. The number of hydroxylamine groups is 1. The molecule has 0 fully saturated rings. The predicted octanol–water partition coefficient (Wildman–Crippen LogP) is 2.57. The molecule has 0 aromatic heterocycles. The highest BCUT2D eigenvalue weighted by Crippen LogP contribution is 2.18. The van der Waals surface area contributed by atoms with Crippen LogP contribution < -0.4 is 5.48 Å². The van der Waals surface area contributed by atoms with Gasteiger partial charge < -0.3 is 4.84 Å². The first-order chi connectivity index (χ1) is 8.31. The van der Waals surface area contributed by atoms with E-state index in [1.807, 2.05) is 30.3 Å². The van der Waals surface area contributed by atoms with Crippen LogP contribution in [0, 0.1) is 0 Å². The zero-order valence-electron chi connectivity index (χ0n) is 9.35. The molecule has 17 heavy (non-hydrogen) atoms. The molecule has 0 aliphatic heterocycles. The molecule has 0 atom stereocenters. The summed E-state index contributed by atoms with van der Waals surface area (Å²) in [7, 11) is 0. The maximum absolute atomic E-state index is 10.9. The Hall–Kier alpha value is -2.13. The van der Waals surface area contributed by atoms with E-state index in [4.69, 9.17) is 4.84 Å². The zero-order valence-corrected chi connectivity index (χ0v) is 9.35. The molecule has 0 spiro atoms. The lowest BCUT2D eigenvalue weighted by atomic mass is 10.1. The molecule has 0 saturated carbocycles. The largest absolute Gasteiger partial charge is 0.367 e. The van der Waals surface area contributed by atoms with Gasteiger partial charge in [0.1, 0.15) is 0 Å². The number of carbonyl (C=O) groups is 1. The average molecular weight is 227 g/mol. The minimum Gasteiger partial charge on any atom is -0.367 e. The van der Waals surface area contributed by atoms with Crippen LogP contribution in [0.4, 0.5) is 0 Å². The number of benzene rings is 2. The minimum absolute atomic E-state index is 0.473. The van der Waals surface area contributed by atoms with Crippen LogP contribution in [0.3, 0.4) is 0 Å². The molecule has 0 aliphatic carbocycles. The van der Waals surface area contributed by atoms with Gasteiger partial charge in [-0.2, -0.15) is 0 Å². The van der Waals surface area contributed by atoms with Crippen molar-refractivity contribution in [2.24, 2.45) is 0 Å². The fraction of sp³-hybridized carbons (Fsp3) is 0.0714. The third kappa shape index (κ3) is 2.71. The van der Waals surface area contributed by atoms with Crippen molar-refractivity contribution in [3.8, 4) is 0 Å². The minimum atomic E-state index is -0.481. The van der Waals surface area contributed by atoms with E-state index in [2.05, 4.69) is 24.2 Å². The lowest BCUT2D eigenvalue weighted by Gasteiger charge is -2.07. The SMILES string of the molecule is C=CC(=O)ONCc1cccc2ccccc12. The maximum atomic E-state index is 10.9. The van der Waals surface area contributed by atoms with Gasteiger partial charge in [0.15, 0.2) is 0 Å². The van der Waals surface area contributed by atoms with Gasteiger partial charge in [0.05, 0.1) is 6.54 Å². The maximum Gasteiger partial charge on any atom is 0.348 e. The van der Waals surface area contributed by atoms with E-state index in [1.54, 1.807) is 0 Å². The summed E-state index contributed by atoms with van der Waals surface area (Å²) < 4.78 is 0. The normalized spacial score (nSPS) is 10.1. The molecule has 0 radical (unpaired) electrons. The summed E-state index contributed by atoms with van der Waals surface area (Å²) in [5.74, 6) is -0.481. The molecular formula is C14H13NO2. The van der Waals surface area contributed by atoms with Crippen LogP contribution in [0.5, 0.6) is 0 Å².